The Labute approximate surface area is 223 Å². The maximum atomic E-state index is 14.1. The fraction of sp³-hybridized carbons (Fsp3) is 0.310. The number of rotatable bonds is 9. The Bertz CT molecular complexity index is 1370. The Balaban J connectivity index is 1.81. The summed E-state index contributed by atoms with van der Waals surface area (Å²) in [4.78, 5) is 4.29. The van der Waals surface area contributed by atoms with Gasteiger partial charge in [-0.15, -0.1) is 0 Å². The summed E-state index contributed by atoms with van der Waals surface area (Å²) in [5, 5.41) is 0.600. The van der Waals surface area contributed by atoms with Crippen LogP contribution < -0.4 is 0 Å². The van der Waals surface area contributed by atoms with E-state index in [2.05, 4.69) is 43.0 Å². The van der Waals surface area contributed by atoms with Crippen molar-refractivity contribution >= 4 is 26.3 Å². The van der Waals surface area contributed by atoms with E-state index in [0.717, 1.165) is 55.2 Å². The molecule has 0 radical (unpaired) electrons. The molecule has 0 spiro atoms. The molecule has 1 aliphatic rings. The van der Waals surface area contributed by atoms with E-state index in [-0.39, 0.29) is 16.5 Å². The van der Waals surface area contributed by atoms with Gasteiger partial charge in [-0.05, 0) is 54.0 Å². The van der Waals surface area contributed by atoms with E-state index in [9.17, 15) is 17.2 Å². The van der Waals surface area contributed by atoms with E-state index in [0.29, 0.717) is 23.7 Å². The third kappa shape index (κ3) is 6.22. The molecule has 1 heterocycles. The SMILES string of the molecule is CCN(CC)Cc1ccc([C@H](c2ccc(Cl)cc2)N2CC/C2=C(\c2cc(F)cc(F)c2)S(C)(=O)=O)cc1. The van der Waals surface area contributed by atoms with Gasteiger partial charge >= 0.3 is 0 Å². The molecule has 4 nitrogen and oxygen atoms in total. The average molecular weight is 545 g/mol. The van der Waals surface area contributed by atoms with Crippen molar-refractivity contribution < 1.29 is 17.2 Å². The van der Waals surface area contributed by atoms with Crippen molar-refractivity contribution in [2.45, 2.75) is 32.9 Å². The molecule has 37 heavy (non-hydrogen) atoms. The van der Waals surface area contributed by atoms with Gasteiger partial charge in [0, 0.05) is 48.1 Å². The average Bonchev–Trinajstić information content (AvgIpc) is 2.83. The molecule has 0 aliphatic carbocycles. The summed E-state index contributed by atoms with van der Waals surface area (Å²) in [7, 11) is -3.80. The summed E-state index contributed by atoms with van der Waals surface area (Å²) >= 11 is 6.16. The van der Waals surface area contributed by atoms with E-state index < -0.39 is 21.5 Å². The van der Waals surface area contributed by atoms with Crippen LogP contribution in [0.2, 0.25) is 5.02 Å². The highest BCUT2D eigenvalue weighted by Gasteiger charge is 2.36. The summed E-state index contributed by atoms with van der Waals surface area (Å²) in [6.07, 6.45) is 1.55. The van der Waals surface area contributed by atoms with E-state index in [1.54, 1.807) is 12.1 Å². The molecule has 0 saturated carbocycles. The van der Waals surface area contributed by atoms with Crippen molar-refractivity contribution in [3.8, 4) is 0 Å². The monoisotopic (exact) mass is 544 g/mol. The number of hydrogen-bond donors (Lipinski definition) is 0. The van der Waals surface area contributed by atoms with E-state index in [1.807, 2.05) is 17.0 Å². The Kier molecular flexibility index (Phi) is 8.36. The van der Waals surface area contributed by atoms with Crippen molar-refractivity contribution in [1.82, 2.24) is 9.80 Å². The molecule has 0 bridgehead atoms. The molecule has 0 amide bonds. The number of hydrogen-bond acceptors (Lipinski definition) is 4. The molecule has 0 unspecified atom stereocenters. The number of benzene rings is 3. The third-order valence-electron chi connectivity index (χ3n) is 6.79. The molecule has 3 aromatic carbocycles. The lowest BCUT2D eigenvalue weighted by atomic mass is 9.91. The van der Waals surface area contributed by atoms with Crippen molar-refractivity contribution in [1.29, 1.82) is 0 Å². The Morgan fingerprint density at radius 2 is 1.49 bits per heavy atom. The minimum Gasteiger partial charge on any atom is -0.362 e. The van der Waals surface area contributed by atoms with Crippen LogP contribution in [0.3, 0.4) is 0 Å². The first-order valence-corrected chi connectivity index (χ1v) is 14.6. The summed E-state index contributed by atoms with van der Waals surface area (Å²) in [6, 6.07) is 18.4. The highest BCUT2D eigenvalue weighted by Crippen LogP contribution is 2.43. The first-order valence-electron chi connectivity index (χ1n) is 12.3. The molecule has 1 aliphatic heterocycles. The van der Waals surface area contributed by atoms with Crippen molar-refractivity contribution in [3.05, 3.63) is 111 Å². The molecule has 8 heteroatoms. The van der Waals surface area contributed by atoms with E-state index in [4.69, 9.17) is 11.6 Å². The quantitative estimate of drug-likeness (QED) is 0.302. The van der Waals surface area contributed by atoms with Gasteiger partial charge in [0.15, 0.2) is 9.84 Å². The van der Waals surface area contributed by atoms with Crippen LogP contribution in [0.1, 0.15) is 48.6 Å². The van der Waals surface area contributed by atoms with Gasteiger partial charge in [0.25, 0.3) is 0 Å². The van der Waals surface area contributed by atoms with Gasteiger partial charge in [-0.2, -0.15) is 0 Å². The largest absolute Gasteiger partial charge is 0.362 e. The van der Waals surface area contributed by atoms with Crippen molar-refractivity contribution in [2.24, 2.45) is 0 Å². The maximum absolute atomic E-state index is 14.1. The number of nitrogens with zero attached hydrogens (tertiary/aromatic N) is 2. The Morgan fingerprint density at radius 1 is 0.946 bits per heavy atom. The van der Waals surface area contributed by atoms with Gasteiger partial charge in [-0.1, -0.05) is 61.8 Å². The molecule has 0 N–H and O–H groups in total. The predicted molar refractivity (Wildman–Crippen MR) is 146 cm³/mol. The smallest absolute Gasteiger partial charge is 0.177 e. The third-order valence-corrected chi connectivity index (χ3v) is 8.25. The van der Waals surface area contributed by atoms with E-state index in [1.165, 1.54) is 5.56 Å². The molecular weight excluding hydrogens is 514 g/mol. The minimum absolute atomic E-state index is 0.0177. The van der Waals surface area contributed by atoms with Crippen LogP contribution in [0.5, 0.6) is 0 Å². The maximum Gasteiger partial charge on any atom is 0.177 e. The van der Waals surface area contributed by atoms with Crippen LogP contribution in [0.15, 0.2) is 72.4 Å². The molecule has 0 aromatic heterocycles. The van der Waals surface area contributed by atoms with Crippen LogP contribution >= 0.6 is 11.6 Å². The fourth-order valence-corrected chi connectivity index (χ4v) is 6.19. The lowest BCUT2D eigenvalue weighted by Crippen LogP contribution is -2.40. The van der Waals surface area contributed by atoms with Crippen molar-refractivity contribution in [3.63, 3.8) is 0 Å². The van der Waals surface area contributed by atoms with E-state index >= 15 is 0 Å². The summed E-state index contributed by atoms with van der Waals surface area (Å²) < 4.78 is 54.0. The van der Waals surface area contributed by atoms with Gasteiger partial charge in [-0.25, -0.2) is 17.2 Å². The van der Waals surface area contributed by atoms with Gasteiger partial charge in [0.1, 0.15) is 11.6 Å². The molecule has 4 rings (SSSR count). The topological polar surface area (TPSA) is 40.6 Å². The van der Waals surface area contributed by atoms with Crippen LogP contribution in [0.4, 0.5) is 8.78 Å². The standard InChI is InChI=1S/C29H31ClF2N2O2S/c1-4-33(5-2)19-20-6-8-21(9-7-20)28(22-10-12-24(30)13-11-22)34-15-14-27(34)29(37(3,35)36)23-16-25(31)18-26(32)17-23/h6-13,16-18,28H,4-5,14-15,19H2,1-3H3/b29-27-/t28-/m1/s1. The van der Waals surface area contributed by atoms with Crippen LogP contribution in [0, 0.1) is 11.6 Å². The normalized spacial score (nSPS) is 16.0. The molecule has 1 saturated heterocycles. The van der Waals surface area contributed by atoms with Gasteiger partial charge in [-0.3, -0.25) is 4.90 Å². The number of sulfone groups is 1. The Morgan fingerprint density at radius 3 is 1.95 bits per heavy atom. The van der Waals surface area contributed by atoms with Crippen molar-refractivity contribution in [2.75, 3.05) is 25.9 Å². The molecule has 1 fully saturated rings. The van der Waals surface area contributed by atoms with Crippen LogP contribution in [-0.2, 0) is 16.4 Å². The zero-order chi connectivity index (χ0) is 26.7. The number of likely N-dealkylation sites (tertiary alicyclic amines) is 1. The summed E-state index contributed by atoms with van der Waals surface area (Å²) in [6.45, 7) is 7.63. The molecular formula is C29H31ClF2N2O2S. The van der Waals surface area contributed by atoms with Gasteiger partial charge < -0.3 is 4.90 Å². The fourth-order valence-electron chi connectivity index (χ4n) is 4.87. The Hall–Kier alpha value is -2.74. The first kappa shape index (κ1) is 27.3. The van der Waals surface area contributed by atoms with Crippen LogP contribution in [-0.4, -0.2) is 44.1 Å². The predicted octanol–water partition coefficient (Wildman–Crippen LogP) is 6.67. The highest BCUT2D eigenvalue weighted by atomic mass is 35.5. The second-order valence-electron chi connectivity index (χ2n) is 9.31. The lowest BCUT2D eigenvalue weighted by molar-refractivity contribution is 0.212. The zero-order valence-corrected chi connectivity index (χ0v) is 22.8. The summed E-state index contributed by atoms with van der Waals surface area (Å²) in [5.41, 5.74) is 3.68. The zero-order valence-electron chi connectivity index (χ0n) is 21.2. The van der Waals surface area contributed by atoms with Gasteiger partial charge in [0.2, 0.25) is 0 Å². The van der Waals surface area contributed by atoms with Crippen LogP contribution in [0.25, 0.3) is 4.91 Å². The second kappa shape index (κ2) is 11.3. The molecule has 3 aromatic rings. The summed E-state index contributed by atoms with van der Waals surface area (Å²) in [5.74, 6) is -1.64. The highest BCUT2D eigenvalue weighted by molar-refractivity contribution is 8.00. The second-order valence-corrected chi connectivity index (χ2v) is 11.7. The lowest BCUT2D eigenvalue weighted by Gasteiger charge is -2.44. The molecule has 196 valence electrons. The van der Waals surface area contributed by atoms with Gasteiger partial charge in [0.05, 0.1) is 10.9 Å². The molecule has 1 atom stereocenters. The number of halogens is 3. The first-order chi connectivity index (χ1) is 17.6. The minimum atomic E-state index is -3.80.